The van der Waals surface area contributed by atoms with E-state index < -0.39 is 5.91 Å². The van der Waals surface area contributed by atoms with Crippen LogP contribution in [0.3, 0.4) is 0 Å². The molecule has 0 radical (unpaired) electrons. The Kier molecular flexibility index (Phi) is 4.21. The molecule has 1 N–H and O–H groups in total. The number of nitrogens with zero attached hydrogens (tertiary/aromatic N) is 6. The van der Waals surface area contributed by atoms with Gasteiger partial charge in [0, 0.05) is 11.8 Å². The summed E-state index contributed by atoms with van der Waals surface area (Å²) in [6.07, 6.45) is 0. The highest BCUT2D eigenvalue weighted by atomic mass is 32.1. The highest BCUT2D eigenvalue weighted by Crippen LogP contribution is 2.13. The van der Waals surface area contributed by atoms with Gasteiger partial charge in [0.1, 0.15) is 11.6 Å². The van der Waals surface area contributed by atoms with E-state index in [4.69, 9.17) is 0 Å². The van der Waals surface area contributed by atoms with Gasteiger partial charge < -0.3 is 0 Å². The van der Waals surface area contributed by atoms with Gasteiger partial charge in [-0.1, -0.05) is 11.3 Å². The number of aryl methyl sites for hydroxylation is 3. The number of rotatable bonds is 4. The Balaban J connectivity index is 1.83. The number of anilines is 1. The van der Waals surface area contributed by atoms with Crippen molar-refractivity contribution in [2.24, 2.45) is 0 Å². The largest absolute Gasteiger partial charge is 0.299 e. The topological polar surface area (TPSA) is 108 Å². The average Bonchev–Trinajstić information content (AvgIpc) is 3.06. The fraction of sp³-hybridized carbons (Fsp3) is 0.286. The maximum absolute atomic E-state index is 12.1. The molecule has 3 aromatic heterocycles. The van der Waals surface area contributed by atoms with Crippen LogP contribution in [0, 0.1) is 20.8 Å². The van der Waals surface area contributed by atoms with E-state index in [-0.39, 0.29) is 12.1 Å². The maximum Gasteiger partial charge on any atom is 0.267 e. The van der Waals surface area contributed by atoms with Crippen LogP contribution in [0.5, 0.6) is 0 Å². The van der Waals surface area contributed by atoms with Crippen LogP contribution in [-0.4, -0.2) is 35.7 Å². The van der Waals surface area contributed by atoms with E-state index in [0.717, 1.165) is 21.1 Å². The normalized spacial score (nSPS) is 10.8. The summed E-state index contributed by atoms with van der Waals surface area (Å²) in [7, 11) is 0. The molecule has 0 aromatic carbocycles. The van der Waals surface area contributed by atoms with Crippen LogP contribution in [0.4, 0.5) is 5.13 Å². The summed E-state index contributed by atoms with van der Waals surface area (Å²) in [5, 5.41) is 19.9. The molecule has 3 aromatic rings. The van der Waals surface area contributed by atoms with Crippen molar-refractivity contribution in [2.45, 2.75) is 27.3 Å². The van der Waals surface area contributed by atoms with Crippen molar-refractivity contribution < 1.29 is 4.79 Å². The van der Waals surface area contributed by atoms with E-state index in [0.29, 0.717) is 10.9 Å². The molecule has 0 aliphatic carbocycles. The highest BCUT2D eigenvalue weighted by molar-refractivity contribution is 7.15. The Morgan fingerprint density at radius 1 is 1.21 bits per heavy atom. The second kappa shape index (κ2) is 6.32. The van der Waals surface area contributed by atoms with E-state index in [2.05, 4.69) is 25.7 Å². The first-order valence-corrected chi connectivity index (χ1v) is 7.96. The molecule has 0 fully saturated rings. The van der Waals surface area contributed by atoms with Crippen LogP contribution < -0.4 is 10.9 Å². The number of hydrogen-bond donors (Lipinski definition) is 1. The van der Waals surface area contributed by atoms with Crippen LogP contribution in [0.2, 0.25) is 0 Å². The molecule has 3 heterocycles. The second-order valence-electron chi connectivity index (χ2n) is 5.20. The summed E-state index contributed by atoms with van der Waals surface area (Å²) < 4.78 is 2.71. The summed E-state index contributed by atoms with van der Waals surface area (Å²) >= 11 is 1.26. The third kappa shape index (κ3) is 3.38. The van der Waals surface area contributed by atoms with Gasteiger partial charge in [0.2, 0.25) is 11.0 Å². The molecule has 10 heteroatoms. The van der Waals surface area contributed by atoms with Crippen LogP contribution in [0.1, 0.15) is 16.4 Å². The molecule has 0 saturated carbocycles. The molecule has 24 heavy (non-hydrogen) atoms. The summed E-state index contributed by atoms with van der Waals surface area (Å²) in [6, 6.07) is 4.84. The van der Waals surface area contributed by atoms with Crippen LogP contribution in [-0.2, 0) is 11.3 Å². The van der Waals surface area contributed by atoms with Gasteiger partial charge in [-0.2, -0.15) is 5.10 Å². The molecule has 9 nitrogen and oxygen atoms in total. The molecular weight excluding hydrogens is 330 g/mol. The lowest BCUT2D eigenvalue weighted by molar-refractivity contribution is -0.117. The average molecular weight is 345 g/mol. The van der Waals surface area contributed by atoms with E-state index in [1.807, 2.05) is 19.9 Å². The van der Waals surface area contributed by atoms with Gasteiger partial charge in [-0.05, 0) is 32.9 Å². The van der Waals surface area contributed by atoms with Crippen molar-refractivity contribution in [1.82, 2.24) is 29.8 Å². The Morgan fingerprint density at radius 3 is 2.62 bits per heavy atom. The monoisotopic (exact) mass is 345 g/mol. The molecule has 0 saturated heterocycles. The first-order chi connectivity index (χ1) is 11.4. The fourth-order valence-corrected chi connectivity index (χ4v) is 2.78. The molecule has 0 spiro atoms. The predicted molar refractivity (Wildman–Crippen MR) is 88.4 cm³/mol. The Morgan fingerprint density at radius 2 is 2.00 bits per heavy atom. The van der Waals surface area contributed by atoms with Crippen molar-refractivity contribution in [3.05, 3.63) is 44.9 Å². The second-order valence-corrected chi connectivity index (χ2v) is 6.38. The minimum absolute atomic E-state index is 0.218. The lowest BCUT2D eigenvalue weighted by atomic mass is 10.4. The van der Waals surface area contributed by atoms with Crippen LogP contribution >= 0.6 is 11.3 Å². The zero-order valence-corrected chi connectivity index (χ0v) is 14.2. The number of nitrogens with one attached hydrogen (secondary N) is 1. The van der Waals surface area contributed by atoms with Crippen molar-refractivity contribution in [1.29, 1.82) is 0 Å². The SMILES string of the molecule is Cc1cc(C)n(-c2ccc(=O)n(CC(=O)Nc3nnc(C)s3)n2)n1. The number of carbonyl (C=O) groups excluding carboxylic acids is 1. The fourth-order valence-electron chi connectivity index (χ4n) is 2.17. The smallest absolute Gasteiger partial charge is 0.267 e. The molecule has 1 amide bonds. The molecule has 124 valence electrons. The van der Waals surface area contributed by atoms with E-state index in [9.17, 15) is 9.59 Å². The van der Waals surface area contributed by atoms with Crippen molar-refractivity contribution in [3.63, 3.8) is 0 Å². The lowest BCUT2D eigenvalue weighted by Crippen LogP contribution is -2.30. The van der Waals surface area contributed by atoms with Gasteiger partial charge in [-0.15, -0.1) is 15.3 Å². The molecule has 3 rings (SSSR count). The number of hydrogen-bond acceptors (Lipinski definition) is 7. The summed E-state index contributed by atoms with van der Waals surface area (Å²) in [6.45, 7) is 5.33. The number of amides is 1. The van der Waals surface area contributed by atoms with Gasteiger partial charge in [0.05, 0.1) is 5.69 Å². The Bertz CT molecular complexity index is 956. The van der Waals surface area contributed by atoms with Crippen LogP contribution in [0.15, 0.2) is 23.0 Å². The summed E-state index contributed by atoms with van der Waals surface area (Å²) in [5.74, 6) is 0.0750. The minimum Gasteiger partial charge on any atom is -0.299 e. The van der Waals surface area contributed by atoms with E-state index in [1.165, 1.54) is 17.4 Å². The molecule has 0 unspecified atom stereocenters. The standard InChI is InChI=1S/C14H15N7O2S/c1-8-6-9(2)21(18-8)11-4-5-13(23)20(19-11)7-12(22)15-14-17-16-10(3)24-14/h4-6H,7H2,1-3H3,(H,15,17,22). The molecular formula is C14H15N7O2S. The highest BCUT2D eigenvalue weighted by Gasteiger charge is 2.11. The van der Waals surface area contributed by atoms with Gasteiger partial charge in [0.25, 0.3) is 5.56 Å². The number of aromatic nitrogens is 6. The molecule has 0 aliphatic heterocycles. The molecule has 0 atom stereocenters. The maximum atomic E-state index is 12.1. The lowest BCUT2D eigenvalue weighted by Gasteiger charge is -2.07. The predicted octanol–water partition coefficient (Wildman–Crippen LogP) is 0.844. The van der Waals surface area contributed by atoms with Crippen LogP contribution in [0.25, 0.3) is 5.82 Å². The minimum atomic E-state index is -0.397. The number of carbonyl (C=O) groups is 1. The quantitative estimate of drug-likeness (QED) is 0.751. The van der Waals surface area contributed by atoms with Gasteiger partial charge in [-0.25, -0.2) is 9.36 Å². The van der Waals surface area contributed by atoms with Gasteiger partial charge in [-0.3, -0.25) is 14.9 Å². The summed E-state index contributed by atoms with van der Waals surface area (Å²) in [4.78, 5) is 24.0. The molecule has 0 bridgehead atoms. The van der Waals surface area contributed by atoms with Crippen molar-refractivity contribution in [2.75, 3.05) is 5.32 Å². The first-order valence-electron chi connectivity index (χ1n) is 7.14. The first kappa shape index (κ1) is 16.0. The van der Waals surface area contributed by atoms with E-state index in [1.54, 1.807) is 17.7 Å². The van der Waals surface area contributed by atoms with E-state index >= 15 is 0 Å². The zero-order chi connectivity index (χ0) is 17.3. The Labute approximate surface area is 141 Å². The summed E-state index contributed by atoms with van der Waals surface area (Å²) in [5.41, 5.74) is 1.36. The molecule has 0 aliphatic rings. The van der Waals surface area contributed by atoms with Crippen molar-refractivity contribution >= 4 is 22.4 Å². The third-order valence-electron chi connectivity index (χ3n) is 3.14. The zero-order valence-electron chi connectivity index (χ0n) is 13.3. The third-order valence-corrected chi connectivity index (χ3v) is 3.90. The van der Waals surface area contributed by atoms with Crippen molar-refractivity contribution in [3.8, 4) is 5.82 Å². The van der Waals surface area contributed by atoms with Gasteiger partial charge >= 0.3 is 0 Å². The Hall–Kier alpha value is -2.88. The van der Waals surface area contributed by atoms with Gasteiger partial charge in [0.15, 0.2) is 5.82 Å².